The van der Waals surface area contributed by atoms with Crippen LogP contribution in [-0.2, 0) is 4.74 Å². The van der Waals surface area contributed by atoms with E-state index in [1.807, 2.05) is 49.9 Å². The smallest absolute Gasteiger partial charge is 0.258 e. The van der Waals surface area contributed by atoms with Gasteiger partial charge >= 0.3 is 0 Å². The molecule has 3 aromatic rings. The van der Waals surface area contributed by atoms with Crippen LogP contribution in [0.25, 0.3) is 10.9 Å². The van der Waals surface area contributed by atoms with Crippen molar-refractivity contribution < 1.29 is 9.53 Å². The van der Waals surface area contributed by atoms with E-state index in [2.05, 4.69) is 15.3 Å². The minimum atomic E-state index is -0.188. The number of hydrogen-bond acceptors (Lipinski definition) is 5. The highest BCUT2D eigenvalue weighted by Gasteiger charge is 2.26. The fraction of sp³-hybridized carbons (Fsp3) is 0.375. The Hall–Kier alpha value is -2.90. The van der Waals surface area contributed by atoms with Crippen LogP contribution in [0.15, 0.2) is 41.2 Å². The van der Waals surface area contributed by atoms with Gasteiger partial charge in [-0.3, -0.25) is 9.59 Å². The van der Waals surface area contributed by atoms with E-state index in [0.29, 0.717) is 40.4 Å². The molecule has 0 saturated carbocycles. The van der Waals surface area contributed by atoms with E-state index in [-0.39, 0.29) is 29.7 Å². The summed E-state index contributed by atoms with van der Waals surface area (Å²) >= 11 is 6.49. The van der Waals surface area contributed by atoms with Gasteiger partial charge in [-0.2, -0.15) is 0 Å². The van der Waals surface area contributed by atoms with Gasteiger partial charge in [0.25, 0.3) is 11.5 Å². The number of morpholine rings is 1. The maximum atomic E-state index is 12.9. The normalized spacial score (nSPS) is 19.7. The quantitative estimate of drug-likeness (QED) is 0.613. The predicted octanol–water partition coefficient (Wildman–Crippen LogP) is 4.31. The monoisotopic (exact) mass is 454 g/mol. The summed E-state index contributed by atoms with van der Waals surface area (Å²) < 4.78 is 5.72. The van der Waals surface area contributed by atoms with Crippen LogP contribution >= 0.6 is 11.6 Å². The standard InChI is InChI=1S/C24H27ClN4O3/c1-13-11-29(12-14(2)32-13)24(31)17-5-7-18(8-6-17)26-15(3)19-9-20-22(10-21(19)25)27-16(4)28-23(20)30/h5-10,13-15,26H,11-12H2,1-4H3,(H,27,28,30)/t13-,14+,15-/m1/s1. The lowest BCUT2D eigenvalue weighted by Crippen LogP contribution is -2.48. The summed E-state index contributed by atoms with van der Waals surface area (Å²) in [6.45, 7) is 8.85. The lowest BCUT2D eigenvalue weighted by molar-refractivity contribution is -0.0586. The zero-order valence-electron chi connectivity index (χ0n) is 18.6. The number of aromatic amines is 1. The van der Waals surface area contributed by atoms with Crippen molar-refractivity contribution >= 4 is 34.1 Å². The van der Waals surface area contributed by atoms with Crippen LogP contribution in [0, 0.1) is 6.92 Å². The number of aromatic nitrogens is 2. The van der Waals surface area contributed by atoms with E-state index in [9.17, 15) is 9.59 Å². The number of fused-ring (bicyclic) bond motifs is 1. The number of ether oxygens (including phenoxy) is 1. The first-order chi connectivity index (χ1) is 15.2. The van der Waals surface area contributed by atoms with Crippen molar-refractivity contribution in [2.45, 2.75) is 45.9 Å². The van der Waals surface area contributed by atoms with E-state index < -0.39 is 0 Å². The van der Waals surface area contributed by atoms with Gasteiger partial charge in [-0.25, -0.2) is 4.98 Å². The van der Waals surface area contributed by atoms with Crippen LogP contribution in [0.3, 0.4) is 0 Å². The summed E-state index contributed by atoms with van der Waals surface area (Å²) in [4.78, 5) is 34.1. The van der Waals surface area contributed by atoms with Crippen LogP contribution in [0.2, 0.25) is 5.02 Å². The summed E-state index contributed by atoms with van der Waals surface area (Å²) in [7, 11) is 0. The predicted molar refractivity (Wildman–Crippen MR) is 127 cm³/mol. The van der Waals surface area contributed by atoms with E-state index in [0.717, 1.165) is 11.3 Å². The molecule has 1 aliphatic rings. The Morgan fingerprint density at radius 1 is 1.22 bits per heavy atom. The average Bonchev–Trinajstić information content (AvgIpc) is 2.72. The molecule has 0 radical (unpaired) electrons. The molecule has 4 rings (SSSR count). The van der Waals surface area contributed by atoms with Crippen molar-refractivity contribution in [2.24, 2.45) is 0 Å². The van der Waals surface area contributed by atoms with Gasteiger partial charge in [-0.15, -0.1) is 0 Å². The third-order valence-electron chi connectivity index (χ3n) is 5.63. The number of anilines is 1. The van der Waals surface area contributed by atoms with Crippen molar-refractivity contribution in [3.63, 3.8) is 0 Å². The van der Waals surface area contributed by atoms with Gasteiger partial charge in [-0.1, -0.05) is 11.6 Å². The highest BCUT2D eigenvalue weighted by atomic mass is 35.5. The Labute approximate surface area is 191 Å². The molecule has 1 aliphatic heterocycles. The van der Waals surface area contributed by atoms with Gasteiger partial charge in [0.1, 0.15) is 5.82 Å². The van der Waals surface area contributed by atoms with Crippen molar-refractivity contribution in [3.8, 4) is 0 Å². The molecular formula is C24H27ClN4O3. The molecule has 168 valence electrons. The van der Waals surface area contributed by atoms with E-state index >= 15 is 0 Å². The molecule has 2 heterocycles. The number of hydrogen-bond donors (Lipinski definition) is 2. The number of H-pyrrole nitrogens is 1. The Morgan fingerprint density at radius 2 is 1.88 bits per heavy atom. The maximum Gasteiger partial charge on any atom is 0.258 e. The van der Waals surface area contributed by atoms with Gasteiger partial charge in [0.2, 0.25) is 0 Å². The number of aryl methyl sites for hydroxylation is 1. The molecule has 1 saturated heterocycles. The van der Waals surface area contributed by atoms with Crippen LogP contribution in [-0.4, -0.2) is 46.1 Å². The molecular weight excluding hydrogens is 428 g/mol. The van der Waals surface area contributed by atoms with Gasteiger partial charge in [0.15, 0.2) is 0 Å². The molecule has 2 N–H and O–H groups in total. The van der Waals surface area contributed by atoms with E-state index in [1.54, 1.807) is 19.1 Å². The van der Waals surface area contributed by atoms with Gasteiger partial charge in [0.05, 0.1) is 29.2 Å². The lowest BCUT2D eigenvalue weighted by atomic mass is 10.0. The van der Waals surface area contributed by atoms with Gasteiger partial charge < -0.3 is 19.9 Å². The minimum Gasteiger partial charge on any atom is -0.378 e. The molecule has 0 aliphatic carbocycles. The highest BCUT2D eigenvalue weighted by molar-refractivity contribution is 6.32. The molecule has 1 aromatic heterocycles. The fourth-order valence-corrected chi connectivity index (χ4v) is 4.51. The molecule has 8 heteroatoms. The van der Waals surface area contributed by atoms with Crippen molar-refractivity contribution in [1.29, 1.82) is 0 Å². The van der Waals surface area contributed by atoms with E-state index in [1.165, 1.54) is 0 Å². The summed E-state index contributed by atoms with van der Waals surface area (Å²) in [5.74, 6) is 0.555. The molecule has 2 aromatic carbocycles. The second-order valence-electron chi connectivity index (χ2n) is 8.45. The van der Waals surface area contributed by atoms with Crippen molar-refractivity contribution in [3.05, 3.63) is 68.7 Å². The maximum absolute atomic E-state index is 12.9. The third kappa shape index (κ3) is 4.64. The van der Waals surface area contributed by atoms with Crippen LogP contribution < -0.4 is 10.9 Å². The number of benzene rings is 2. The molecule has 0 unspecified atom stereocenters. The molecule has 7 nitrogen and oxygen atoms in total. The molecule has 3 atom stereocenters. The minimum absolute atomic E-state index is 0.00573. The fourth-order valence-electron chi connectivity index (χ4n) is 4.19. The van der Waals surface area contributed by atoms with Gasteiger partial charge in [-0.05, 0) is 69.7 Å². The first-order valence-electron chi connectivity index (χ1n) is 10.7. The first kappa shape index (κ1) is 22.3. The summed E-state index contributed by atoms with van der Waals surface area (Å²) in [5.41, 5.74) is 2.67. The summed E-state index contributed by atoms with van der Waals surface area (Å²) in [6.07, 6.45) is 0.0603. The zero-order valence-corrected chi connectivity index (χ0v) is 19.4. The Kier molecular flexibility index (Phi) is 6.22. The first-order valence-corrected chi connectivity index (χ1v) is 11.1. The van der Waals surface area contributed by atoms with Crippen molar-refractivity contribution in [1.82, 2.24) is 14.9 Å². The number of carbonyl (C=O) groups is 1. The second kappa shape index (κ2) is 8.92. The molecule has 0 spiro atoms. The lowest BCUT2D eigenvalue weighted by Gasteiger charge is -2.35. The second-order valence-corrected chi connectivity index (χ2v) is 8.86. The average molecular weight is 455 g/mol. The van der Waals surface area contributed by atoms with Crippen LogP contribution in [0.4, 0.5) is 5.69 Å². The van der Waals surface area contributed by atoms with Crippen molar-refractivity contribution in [2.75, 3.05) is 18.4 Å². The Bertz CT molecular complexity index is 1200. The van der Waals surface area contributed by atoms with Gasteiger partial charge in [0, 0.05) is 29.4 Å². The van der Waals surface area contributed by atoms with E-state index in [4.69, 9.17) is 16.3 Å². The summed E-state index contributed by atoms with van der Waals surface area (Å²) in [6, 6.07) is 10.7. The zero-order chi connectivity index (χ0) is 23.0. The number of nitrogens with zero attached hydrogens (tertiary/aromatic N) is 2. The highest BCUT2D eigenvalue weighted by Crippen LogP contribution is 2.29. The Morgan fingerprint density at radius 3 is 2.53 bits per heavy atom. The molecule has 1 amide bonds. The largest absolute Gasteiger partial charge is 0.378 e. The number of amides is 1. The number of halogens is 1. The number of rotatable bonds is 4. The molecule has 1 fully saturated rings. The summed E-state index contributed by atoms with van der Waals surface area (Å²) in [5, 5.41) is 4.43. The number of nitrogens with one attached hydrogen (secondary N) is 2. The topological polar surface area (TPSA) is 87.3 Å². The van der Waals surface area contributed by atoms with Crippen LogP contribution in [0.5, 0.6) is 0 Å². The molecule has 32 heavy (non-hydrogen) atoms. The van der Waals surface area contributed by atoms with Crippen LogP contribution in [0.1, 0.15) is 48.6 Å². The molecule has 0 bridgehead atoms. The SMILES string of the molecule is Cc1nc2cc(Cl)c([C@@H](C)Nc3ccc(C(=O)N4C[C@@H](C)O[C@@H](C)C4)cc3)cc2c(=O)[nH]1. The Balaban J connectivity index is 1.50. The third-order valence-corrected chi connectivity index (χ3v) is 5.96. The number of carbonyl (C=O) groups excluding carboxylic acids is 1.